The van der Waals surface area contributed by atoms with Crippen LogP contribution in [0.5, 0.6) is 0 Å². The maximum atomic E-state index is 12.6. The van der Waals surface area contributed by atoms with Crippen molar-refractivity contribution >= 4 is 11.8 Å². The fourth-order valence-electron chi connectivity index (χ4n) is 2.85. The third kappa shape index (κ3) is 2.92. The fourth-order valence-corrected chi connectivity index (χ4v) is 2.85. The summed E-state index contributed by atoms with van der Waals surface area (Å²) < 4.78 is 10.2. The summed E-state index contributed by atoms with van der Waals surface area (Å²) in [5.74, 6) is 0.0489. The molecule has 1 aliphatic heterocycles. The molecule has 1 N–H and O–H groups in total. The zero-order valence-corrected chi connectivity index (χ0v) is 12.8. The third-order valence-electron chi connectivity index (χ3n) is 3.94. The Morgan fingerprint density at radius 1 is 1.43 bits per heavy atom. The van der Waals surface area contributed by atoms with Gasteiger partial charge in [-0.05, 0) is 13.8 Å². The normalized spacial score (nSPS) is 21.6. The molecule has 0 spiro atoms. The maximum absolute atomic E-state index is 12.6. The van der Waals surface area contributed by atoms with Gasteiger partial charge in [0.2, 0.25) is 5.91 Å². The predicted molar refractivity (Wildman–Crippen MR) is 74.8 cm³/mol. The second kappa shape index (κ2) is 6.26. The Morgan fingerprint density at radius 2 is 2.14 bits per heavy atom. The highest BCUT2D eigenvalue weighted by Crippen LogP contribution is 2.27. The lowest BCUT2D eigenvalue weighted by Gasteiger charge is -2.15. The second-order valence-electron chi connectivity index (χ2n) is 5.35. The standard InChI is InChI=1S/C14H21N3O4/c1-8-12(9(2)21-16-8)14(19)17-5-10(7-20-4)11(6-17)13(18)15-3/h10-11H,5-7H2,1-4H3,(H,15,18)/t10-,11+/m0/s1. The van der Waals surface area contributed by atoms with Gasteiger partial charge in [-0.3, -0.25) is 9.59 Å². The lowest BCUT2D eigenvalue weighted by Crippen LogP contribution is -2.34. The van der Waals surface area contributed by atoms with Gasteiger partial charge in [0, 0.05) is 33.2 Å². The molecule has 2 amide bonds. The Kier molecular flexibility index (Phi) is 4.62. The van der Waals surface area contributed by atoms with Crippen molar-refractivity contribution in [3.05, 3.63) is 17.0 Å². The molecule has 0 radical (unpaired) electrons. The van der Waals surface area contributed by atoms with Crippen LogP contribution < -0.4 is 5.32 Å². The predicted octanol–water partition coefficient (Wildman–Crippen LogP) is 0.372. The number of ether oxygens (including phenoxy) is 1. The first-order valence-corrected chi connectivity index (χ1v) is 6.92. The summed E-state index contributed by atoms with van der Waals surface area (Å²) in [7, 11) is 3.20. The summed E-state index contributed by atoms with van der Waals surface area (Å²) in [4.78, 5) is 26.2. The SMILES string of the molecule is CNC(=O)[C@@H]1CN(C(=O)c2c(C)noc2C)C[C@H]1COC. The molecule has 0 unspecified atom stereocenters. The smallest absolute Gasteiger partial charge is 0.259 e. The van der Waals surface area contributed by atoms with Crippen LogP contribution >= 0.6 is 0 Å². The van der Waals surface area contributed by atoms with Gasteiger partial charge in [0.05, 0.1) is 18.2 Å². The fraction of sp³-hybridized carbons (Fsp3) is 0.643. The van der Waals surface area contributed by atoms with E-state index < -0.39 is 0 Å². The van der Waals surface area contributed by atoms with Gasteiger partial charge < -0.3 is 19.5 Å². The van der Waals surface area contributed by atoms with Crippen LogP contribution in [0.15, 0.2) is 4.52 Å². The van der Waals surface area contributed by atoms with E-state index in [4.69, 9.17) is 9.26 Å². The van der Waals surface area contributed by atoms with E-state index >= 15 is 0 Å². The molecular formula is C14H21N3O4. The van der Waals surface area contributed by atoms with Crippen molar-refractivity contribution in [3.63, 3.8) is 0 Å². The van der Waals surface area contributed by atoms with Crippen LogP contribution in [0.2, 0.25) is 0 Å². The van der Waals surface area contributed by atoms with Crippen LogP contribution in [0, 0.1) is 25.7 Å². The average Bonchev–Trinajstić information content (AvgIpc) is 3.02. The van der Waals surface area contributed by atoms with Gasteiger partial charge in [0.25, 0.3) is 5.91 Å². The van der Waals surface area contributed by atoms with Gasteiger partial charge in [-0.1, -0.05) is 5.16 Å². The van der Waals surface area contributed by atoms with E-state index in [1.54, 1.807) is 32.9 Å². The molecule has 7 heteroatoms. The van der Waals surface area contributed by atoms with Crippen molar-refractivity contribution in [2.24, 2.45) is 11.8 Å². The van der Waals surface area contributed by atoms with Crippen LogP contribution in [-0.2, 0) is 9.53 Å². The summed E-state index contributed by atoms with van der Waals surface area (Å²) >= 11 is 0. The molecule has 0 bridgehead atoms. The highest BCUT2D eigenvalue weighted by molar-refractivity contribution is 5.96. The van der Waals surface area contributed by atoms with Gasteiger partial charge in [-0.25, -0.2) is 0 Å². The lowest BCUT2D eigenvalue weighted by atomic mass is 9.96. The first kappa shape index (κ1) is 15.5. The summed E-state index contributed by atoms with van der Waals surface area (Å²) in [5, 5.41) is 6.46. The van der Waals surface area contributed by atoms with Crippen LogP contribution in [0.3, 0.4) is 0 Å². The van der Waals surface area contributed by atoms with Crippen molar-refractivity contribution in [1.29, 1.82) is 0 Å². The number of nitrogens with one attached hydrogen (secondary N) is 1. The van der Waals surface area contributed by atoms with E-state index in [0.717, 1.165) is 0 Å². The van der Waals surface area contributed by atoms with Crippen molar-refractivity contribution in [3.8, 4) is 0 Å². The molecule has 2 heterocycles. The topological polar surface area (TPSA) is 84.7 Å². The molecule has 1 aromatic heterocycles. The van der Waals surface area contributed by atoms with Crippen LogP contribution in [0.1, 0.15) is 21.8 Å². The van der Waals surface area contributed by atoms with Gasteiger partial charge in [0.15, 0.2) is 0 Å². The highest BCUT2D eigenvalue weighted by Gasteiger charge is 2.40. The minimum Gasteiger partial charge on any atom is -0.384 e. The zero-order chi connectivity index (χ0) is 15.6. The van der Waals surface area contributed by atoms with Crippen LogP contribution in [0.4, 0.5) is 0 Å². The molecule has 0 aliphatic carbocycles. The third-order valence-corrected chi connectivity index (χ3v) is 3.94. The number of hydrogen-bond acceptors (Lipinski definition) is 5. The second-order valence-corrected chi connectivity index (χ2v) is 5.35. The molecule has 0 aromatic carbocycles. The Balaban J connectivity index is 2.18. The van der Waals surface area contributed by atoms with Gasteiger partial charge >= 0.3 is 0 Å². The molecule has 116 valence electrons. The number of hydrogen-bond donors (Lipinski definition) is 1. The molecule has 0 saturated carbocycles. The first-order chi connectivity index (χ1) is 9.99. The van der Waals surface area contributed by atoms with Crippen molar-refractivity contribution in [1.82, 2.24) is 15.4 Å². The monoisotopic (exact) mass is 295 g/mol. The van der Waals surface area contributed by atoms with E-state index in [-0.39, 0.29) is 23.7 Å². The number of carbonyl (C=O) groups excluding carboxylic acids is 2. The number of rotatable bonds is 4. The molecule has 7 nitrogen and oxygen atoms in total. The maximum Gasteiger partial charge on any atom is 0.259 e. The van der Waals surface area contributed by atoms with Gasteiger partial charge in [-0.2, -0.15) is 0 Å². The number of methoxy groups -OCH3 is 1. The number of nitrogens with zero attached hydrogens (tertiary/aromatic N) is 2. The zero-order valence-electron chi connectivity index (χ0n) is 12.8. The Morgan fingerprint density at radius 3 is 2.67 bits per heavy atom. The molecule has 1 aromatic rings. The van der Waals surface area contributed by atoms with Gasteiger partial charge in [0.1, 0.15) is 11.3 Å². The molecule has 21 heavy (non-hydrogen) atoms. The summed E-state index contributed by atoms with van der Waals surface area (Å²) in [5.41, 5.74) is 1.06. The first-order valence-electron chi connectivity index (χ1n) is 6.92. The van der Waals surface area contributed by atoms with Crippen molar-refractivity contribution < 1.29 is 18.8 Å². The Bertz CT molecular complexity index is 521. The average molecular weight is 295 g/mol. The van der Waals surface area contributed by atoms with E-state index in [9.17, 15) is 9.59 Å². The molecule has 1 saturated heterocycles. The van der Waals surface area contributed by atoms with Crippen LogP contribution in [0.25, 0.3) is 0 Å². The van der Waals surface area contributed by atoms with E-state index in [1.807, 2.05) is 0 Å². The largest absolute Gasteiger partial charge is 0.384 e. The Labute approximate surface area is 123 Å². The van der Waals surface area contributed by atoms with E-state index in [1.165, 1.54) is 0 Å². The summed E-state index contributed by atoms with van der Waals surface area (Å²) in [6, 6.07) is 0. The summed E-state index contributed by atoms with van der Waals surface area (Å²) in [6.45, 7) is 4.78. The van der Waals surface area contributed by atoms with Crippen molar-refractivity contribution in [2.45, 2.75) is 13.8 Å². The molecule has 1 fully saturated rings. The molecule has 2 rings (SSSR count). The molecule has 1 aliphatic rings. The number of likely N-dealkylation sites (tertiary alicyclic amines) is 1. The van der Waals surface area contributed by atoms with Crippen LogP contribution in [-0.4, -0.2) is 55.7 Å². The number of amides is 2. The Hall–Kier alpha value is -1.89. The number of aromatic nitrogens is 1. The minimum absolute atomic E-state index is 0.000581. The number of aryl methyl sites for hydroxylation is 2. The highest BCUT2D eigenvalue weighted by atomic mass is 16.5. The quantitative estimate of drug-likeness (QED) is 0.867. The molecule has 2 atom stereocenters. The van der Waals surface area contributed by atoms with Gasteiger partial charge in [-0.15, -0.1) is 0 Å². The van der Waals surface area contributed by atoms with Crippen molar-refractivity contribution in [2.75, 3.05) is 33.9 Å². The minimum atomic E-state index is -0.251. The lowest BCUT2D eigenvalue weighted by molar-refractivity contribution is -0.125. The van der Waals surface area contributed by atoms with E-state index in [0.29, 0.717) is 36.7 Å². The molecular weight excluding hydrogens is 274 g/mol. The number of carbonyl (C=O) groups is 2. The van der Waals surface area contributed by atoms with E-state index in [2.05, 4.69) is 10.5 Å². The summed E-state index contributed by atoms with van der Waals surface area (Å²) in [6.07, 6.45) is 0.